The van der Waals surface area contributed by atoms with E-state index in [4.69, 9.17) is 5.73 Å². The number of carbonyl (C=O) groups is 1. The molecule has 102 valence electrons. The Morgan fingerprint density at radius 1 is 1.35 bits per heavy atom. The van der Waals surface area contributed by atoms with Crippen LogP contribution in [0.3, 0.4) is 0 Å². The lowest BCUT2D eigenvalue weighted by Gasteiger charge is -2.26. The summed E-state index contributed by atoms with van der Waals surface area (Å²) in [7, 11) is -2.94. The van der Waals surface area contributed by atoms with Crippen molar-refractivity contribution in [2.24, 2.45) is 11.1 Å². The van der Waals surface area contributed by atoms with Crippen LogP contribution in [-0.4, -0.2) is 38.9 Å². The Kier molecular flexibility index (Phi) is 6.12. The maximum absolute atomic E-state index is 11.5. The highest BCUT2D eigenvalue weighted by atomic mass is 32.2. The molecular formula is C11H24N2O3S. The summed E-state index contributed by atoms with van der Waals surface area (Å²) >= 11 is 0. The molecule has 0 aromatic rings. The predicted octanol–water partition coefficient (Wildman–Crippen LogP) is 0.301. The third-order valence-corrected chi connectivity index (χ3v) is 3.56. The summed E-state index contributed by atoms with van der Waals surface area (Å²) in [6, 6.07) is -0.197. The van der Waals surface area contributed by atoms with Crippen LogP contribution in [0.2, 0.25) is 0 Å². The molecule has 0 aliphatic heterocycles. The molecule has 5 nitrogen and oxygen atoms in total. The van der Waals surface area contributed by atoms with Crippen LogP contribution in [0.4, 0.5) is 0 Å². The average molecular weight is 264 g/mol. The van der Waals surface area contributed by atoms with Crippen molar-refractivity contribution in [1.82, 2.24) is 5.32 Å². The smallest absolute Gasteiger partial charge is 0.221 e. The van der Waals surface area contributed by atoms with E-state index in [1.54, 1.807) is 0 Å². The molecule has 0 saturated carbocycles. The molecule has 0 radical (unpaired) electrons. The second-order valence-corrected chi connectivity index (χ2v) is 7.77. The molecule has 6 heteroatoms. The van der Waals surface area contributed by atoms with Gasteiger partial charge in [0.1, 0.15) is 9.84 Å². The molecule has 1 atom stereocenters. The van der Waals surface area contributed by atoms with Gasteiger partial charge in [0.15, 0.2) is 0 Å². The average Bonchev–Trinajstić information content (AvgIpc) is 2.09. The Bertz CT molecular complexity index is 344. The van der Waals surface area contributed by atoms with Crippen LogP contribution in [0.1, 0.15) is 33.6 Å². The van der Waals surface area contributed by atoms with Gasteiger partial charge in [-0.15, -0.1) is 0 Å². The van der Waals surface area contributed by atoms with Gasteiger partial charge in [-0.05, 0) is 11.8 Å². The van der Waals surface area contributed by atoms with Crippen LogP contribution in [-0.2, 0) is 14.6 Å². The van der Waals surface area contributed by atoms with Gasteiger partial charge in [0, 0.05) is 25.3 Å². The molecule has 3 N–H and O–H groups in total. The Hall–Kier alpha value is -0.620. The number of sulfone groups is 1. The van der Waals surface area contributed by atoms with E-state index in [1.807, 2.05) is 20.8 Å². The molecule has 0 aliphatic rings. The predicted molar refractivity (Wildman–Crippen MR) is 69.4 cm³/mol. The molecule has 1 amide bonds. The zero-order chi connectivity index (χ0) is 13.7. The van der Waals surface area contributed by atoms with Gasteiger partial charge in [0.05, 0.1) is 5.75 Å². The molecular weight excluding hydrogens is 240 g/mol. The van der Waals surface area contributed by atoms with E-state index >= 15 is 0 Å². The summed E-state index contributed by atoms with van der Waals surface area (Å²) in [6.07, 6.45) is 1.89. The minimum absolute atomic E-state index is 0.0958. The van der Waals surface area contributed by atoms with Crippen molar-refractivity contribution in [3.63, 3.8) is 0 Å². The molecule has 1 unspecified atom stereocenters. The van der Waals surface area contributed by atoms with Gasteiger partial charge in [-0.3, -0.25) is 4.79 Å². The zero-order valence-corrected chi connectivity index (χ0v) is 11.9. The fourth-order valence-electron chi connectivity index (χ4n) is 1.14. The van der Waals surface area contributed by atoms with E-state index in [9.17, 15) is 13.2 Å². The fourth-order valence-corrected chi connectivity index (χ4v) is 1.81. The molecule has 0 aromatic carbocycles. The van der Waals surface area contributed by atoms with Crippen LogP contribution in [0.15, 0.2) is 0 Å². The maximum atomic E-state index is 11.5. The van der Waals surface area contributed by atoms with Crippen molar-refractivity contribution >= 4 is 15.7 Å². The third kappa shape index (κ3) is 9.12. The van der Waals surface area contributed by atoms with Gasteiger partial charge < -0.3 is 11.1 Å². The van der Waals surface area contributed by atoms with E-state index in [2.05, 4.69) is 5.32 Å². The molecule has 0 bridgehead atoms. The first-order valence-electron chi connectivity index (χ1n) is 5.72. The Balaban J connectivity index is 3.82. The molecule has 0 saturated heterocycles. The number of hydrogen-bond donors (Lipinski definition) is 2. The highest BCUT2D eigenvalue weighted by Gasteiger charge is 2.22. The standard InChI is InChI=1S/C11H24N2O3S/c1-11(2,3)9(12)8-10(14)13-6-5-7-17(4,15)16/h9H,5-8,12H2,1-4H3,(H,13,14). The van der Waals surface area contributed by atoms with Crippen molar-refractivity contribution in [2.75, 3.05) is 18.6 Å². The highest BCUT2D eigenvalue weighted by Crippen LogP contribution is 2.19. The SMILES string of the molecule is CC(C)(C)C(N)CC(=O)NCCCS(C)(=O)=O. The summed E-state index contributed by atoms with van der Waals surface area (Å²) < 4.78 is 21.7. The highest BCUT2D eigenvalue weighted by molar-refractivity contribution is 7.90. The number of nitrogens with two attached hydrogens (primary N) is 1. The van der Waals surface area contributed by atoms with Crippen LogP contribution in [0, 0.1) is 5.41 Å². The van der Waals surface area contributed by atoms with Crippen molar-refractivity contribution in [2.45, 2.75) is 39.7 Å². The summed E-state index contributed by atoms with van der Waals surface area (Å²) in [5.74, 6) is -0.0283. The maximum Gasteiger partial charge on any atom is 0.221 e. The van der Waals surface area contributed by atoms with Crippen LogP contribution in [0.25, 0.3) is 0 Å². The van der Waals surface area contributed by atoms with Gasteiger partial charge >= 0.3 is 0 Å². The molecule has 0 aromatic heterocycles. The van der Waals surface area contributed by atoms with Gasteiger partial charge in [-0.2, -0.15) is 0 Å². The number of nitrogens with one attached hydrogen (secondary N) is 1. The summed E-state index contributed by atoms with van der Waals surface area (Å²) in [5.41, 5.74) is 5.76. The fraction of sp³-hybridized carbons (Fsp3) is 0.909. The largest absolute Gasteiger partial charge is 0.356 e. The van der Waals surface area contributed by atoms with Crippen molar-refractivity contribution in [1.29, 1.82) is 0 Å². The second-order valence-electron chi connectivity index (χ2n) is 5.51. The zero-order valence-electron chi connectivity index (χ0n) is 11.1. The topological polar surface area (TPSA) is 89.3 Å². The van der Waals surface area contributed by atoms with E-state index in [-0.39, 0.29) is 29.5 Å². The molecule has 0 spiro atoms. The van der Waals surface area contributed by atoms with E-state index in [0.29, 0.717) is 13.0 Å². The number of carbonyl (C=O) groups excluding carboxylic acids is 1. The Morgan fingerprint density at radius 2 is 1.88 bits per heavy atom. The lowest BCUT2D eigenvalue weighted by Crippen LogP contribution is -2.40. The van der Waals surface area contributed by atoms with Crippen LogP contribution < -0.4 is 11.1 Å². The Morgan fingerprint density at radius 3 is 2.29 bits per heavy atom. The van der Waals surface area contributed by atoms with E-state index in [0.717, 1.165) is 0 Å². The molecule has 0 heterocycles. The number of hydrogen-bond acceptors (Lipinski definition) is 4. The van der Waals surface area contributed by atoms with Gasteiger partial charge in [0.2, 0.25) is 5.91 Å². The Labute approximate surface area is 104 Å². The second kappa shape index (κ2) is 6.35. The quantitative estimate of drug-likeness (QED) is 0.675. The van der Waals surface area contributed by atoms with Crippen molar-refractivity contribution in [3.05, 3.63) is 0 Å². The summed E-state index contributed by atoms with van der Waals surface area (Å²) in [4.78, 5) is 11.5. The number of rotatable bonds is 6. The lowest BCUT2D eigenvalue weighted by atomic mass is 9.85. The van der Waals surface area contributed by atoms with Gasteiger partial charge in [-0.1, -0.05) is 20.8 Å². The van der Waals surface area contributed by atoms with E-state index < -0.39 is 9.84 Å². The van der Waals surface area contributed by atoms with Crippen molar-refractivity contribution in [3.8, 4) is 0 Å². The molecule has 17 heavy (non-hydrogen) atoms. The first kappa shape index (κ1) is 16.4. The third-order valence-electron chi connectivity index (χ3n) is 2.53. The summed E-state index contributed by atoms with van der Waals surface area (Å²) in [6.45, 7) is 6.32. The van der Waals surface area contributed by atoms with Gasteiger partial charge in [0.25, 0.3) is 0 Å². The minimum atomic E-state index is -2.94. The van der Waals surface area contributed by atoms with Gasteiger partial charge in [-0.25, -0.2) is 8.42 Å². The summed E-state index contributed by atoms with van der Waals surface area (Å²) in [5, 5.41) is 2.67. The van der Waals surface area contributed by atoms with E-state index in [1.165, 1.54) is 6.26 Å². The van der Waals surface area contributed by atoms with Crippen LogP contribution in [0.5, 0.6) is 0 Å². The first-order valence-corrected chi connectivity index (χ1v) is 7.78. The van der Waals surface area contributed by atoms with Crippen molar-refractivity contribution < 1.29 is 13.2 Å². The molecule has 0 fully saturated rings. The normalized spacial score (nSPS) is 14.4. The monoisotopic (exact) mass is 264 g/mol. The molecule has 0 rings (SSSR count). The number of amides is 1. The molecule has 0 aliphatic carbocycles. The van der Waals surface area contributed by atoms with Crippen LogP contribution >= 0.6 is 0 Å². The lowest BCUT2D eigenvalue weighted by molar-refractivity contribution is -0.121. The minimum Gasteiger partial charge on any atom is -0.356 e. The first-order chi connectivity index (χ1) is 7.52.